The number of anilines is 2. The minimum atomic E-state index is -0.639. The van der Waals surface area contributed by atoms with Crippen LogP contribution in [0.4, 0.5) is 11.4 Å². The number of amides is 2. The first-order valence-corrected chi connectivity index (χ1v) is 14.5. The van der Waals surface area contributed by atoms with E-state index in [2.05, 4.69) is 0 Å². The third-order valence-electron chi connectivity index (χ3n) is 5.26. The van der Waals surface area contributed by atoms with Gasteiger partial charge in [0.25, 0.3) is 11.8 Å². The number of benzene rings is 2. The summed E-state index contributed by atoms with van der Waals surface area (Å²) in [4.78, 5) is 54.5. The molecule has 12 heteroatoms. The van der Waals surface area contributed by atoms with E-state index in [1.54, 1.807) is 90.1 Å². The van der Waals surface area contributed by atoms with E-state index in [0.29, 0.717) is 22.5 Å². The van der Waals surface area contributed by atoms with Gasteiger partial charge in [0, 0.05) is 0 Å². The van der Waals surface area contributed by atoms with Crippen molar-refractivity contribution < 1.29 is 28.7 Å². The Labute approximate surface area is 251 Å². The maximum Gasteiger partial charge on any atom is 0.338 e. The summed E-state index contributed by atoms with van der Waals surface area (Å²) >= 11 is 13.0. The van der Waals surface area contributed by atoms with E-state index in [9.17, 15) is 19.2 Å². The van der Waals surface area contributed by atoms with Crippen LogP contribution in [0, 0.1) is 0 Å². The van der Waals surface area contributed by atoms with Gasteiger partial charge in [0.15, 0.2) is 8.64 Å². The Hall–Kier alpha value is -3.06. The average molecular weight is 615 g/mol. The van der Waals surface area contributed by atoms with Gasteiger partial charge >= 0.3 is 11.9 Å². The number of carbonyl (C=O) groups is 4. The molecule has 0 unspecified atom stereocenters. The van der Waals surface area contributed by atoms with Gasteiger partial charge in [0.1, 0.15) is 11.2 Å². The zero-order chi connectivity index (χ0) is 29.6. The quantitative estimate of drug-likeness (QED) is 0.224. The topological polar surface area (TPSA) is 93.2 Å². The Morgan fingerprint density at radius 1 is 0.625 bits per heavy atom. The van der Waals surface area contributed by atoms with Crippen LogP contribution in [0.5, 0.6) is 0 Å². The molecule has 40 heavy (non-hydrogen) atoms. The molecule has 4 rings (SSSR count). The molecule has 2 saturated heterocycles. The van der Waals surface area contributed by atoms with Crippen LogP contribution in [-0.4, -0.2) is 43.6 Å². The summed E-state index contributed by atoms with van der Waals surface area (Å²) in [5.74, 6) is -1.87. The number of nitrogens with zero attached hydrogens (tertiary/aromatic N) is 2. The van der Waals surface area contributed by atoms with Crippen molar-refractivity contribution in [2.75, 3.05) is 9.80 Å². The molecule has 0 aromatic heterocycles. The van der Waals surface area contributed by atoms with E-state index in [1.165, 1.54) is 9.80 Å². The van der Waals surface area contributed by atoms with Crippen molar-refractivity contribution in [1.29, 1.82) is 0 Å². The first-order chi connectivity index (χ1) is 18.6. The third-order valence-corrected chi connectivity index (χ3v) is 8.14. The lowest BCUT2D eigenvalue weighted by molar-refractivity contribution is -0.115. The summed E-state index contributed by atoms with van der Waals surface area (Å²) in [7, 11) is 0. The van der Waals surface area contributed by atoms with E-state index in [1.807, 2.05) is 0 Å². The summed E-state index contributed by atoms with van der Waals surface area (Å²) < 4.78 is 11.3. The van der Waals surface area contributed by atoms with Gasteiger partial charge in [-0.1, -0.05) is 48.0 Å². The molecule has 2 aliphatic heterocycles. The smallest absolute Gasteiger partial charge is 0.338 e. The minimum Gasteiger partial charge on any atom is -0.456 e. The van der Waals surface area contributed by atoms with Crippen molar-refractivity contribution in [3.8, 4) is 0 Å². The van der Waals surface area contributed by atoms with Crippen LogP contribution < -0.4 is 9.80 Å². The van der Waals surface area contributed by atoms with Crippen molar-refractivity contribution in [3.63, 3.8) is 0 Å². The highest BCUT2D eigenvalue weighted by atomic mass is 32.2. The summed E-state index contributed by atoms with van der Waals surface area (Å²) in [6, 6.07) is 12.6. The summed E-state index contributed by atoms with van der Waals surface area (Å²) in [6.07, 6.45) is 0. The van der Waals surface area contributed by atoms with Gasteiger partial charge in [-0.2, -0.15) is 0 Å². The molecule has 2 amide bonds. The molecule has 0 aliphatic carbocycles. The third kappa shape index (κ3) is 6.46. The molecule has 0 N–H and O–H groups in total. The summed E-state index contributed by atoms with van der Waals surface area (Å²) in [5, 5.41) is 0. The Morgan fingerprint density at radius 3 is 1.20 bits per heavy atom. The molecule has 2 aromatic carbocycles. The zero-order valence-electron chi connectivity index (χ0n) is 22.6. The number of rotatable bonds is 4. The van der Waals surface area contributed by atoms with Crippen molar-refractivity contribution in [3.05, 3.63) is 69.5 Å². The minimum absolute atomic E-state index is 0.173. The number of thiocarbonyl (C=S) groups is 2. The number of hydrogen-bond donors (Lipinski definition) is 0. The fourth-order valence-electron chi connectivity index (χ4n) is 3.62. The maximum absolute atomic E-state index is 13.4. The highest BCUT2D eigenvalue weighted by molar-refractivity contribution is 8.30. The molecule has 0 bridgehead atoms. The Balaban J connectivity index is 1.54. The second-order valence-electron chi connectivity index (χ2n) is 10.8. The van der Waals surface area contributed by atoms with Crippen LogP contribution in [0.1, 0.15) is 62.3 Å². The van der Waals surface area contributed by atoms with E-state index >= 15 is 0 Å². The lowest BCUT2D eigenvalue weighted by Gasteiger charge is -2.20. The predicted molar refractivity (Wildman–Crippen MR) is 166 cm³/mol. The SMILES string of the molecule is CC(C)(C)OC(=O)c1ccc(N2C(=O)/C(=C3\SC(=S)N(c4ccc(C(=O)OC(C)(C)C)cc4)C3=O)SC2=S)cc1. The number of esters is 2. The van der Waals surface area contributed by atoms with Gasteiger partial charge in [-0.05, 0) is 90.1 Å². The van der Waals surface area contributed by atoms with Crippen LogP contribution in [-0.2, 0) is 19.1 Å². The van der Waals surface area contributed by atoms with Gasteiger partial charge in [-0.15, -0.1) is 0 Å². The van der Waals surface area contributed by atoms with E-state index in [-0.39, 0.29) is 18.5 Å². The first-order valence-electron chi connectivity index (χ1n) is 12.1. The summed E-state index contributed by atoms with van der Waals surface area (Å²) in [6.45, 7) is 10.7. The highest BCUT2D eigenvalue weighted by Crippen LogP contribution is 2.44. The molecule has 2 heterocycles. The fraction of sp³-hybridized carbons (Fsp3) is 0.286. The largest absolute Gasteiger partial charge is 0.456 e. The van der Waals surface area contributed by atoms with E-state index in [0.717, 1.165) is 23.5 Å². The van der Waals surface area contributed by atoms with Crippen LogP contribution in [0.15, 0.2) is 58.3 Å². The molecule has 2 aromatic rings. The molecule has 0 spiro atoms. The molecular formula is C28H26N2O6S4. The van der Waals surface area contributed by atoms with Crippen molar-refractivity contribution >= 4 is 91.7 Å². The Morgan fingerprint density at radius 2 is 0.925 bits per heavy atom. The van der Waals surface area contributed by atoms with Crippen LogP contribution >= 0.6 is 48.0 Å². The van der Waals surface area contributed by atoms with Gasteiger partial charge < -0.3 is 9.47 Å². The number of ether oxygens (including phenoxy) is 2. The van der Waals surface area contributed by atoms with Gasteiger partial charge in [-0.25, -0.2) is 9.59 Å². The number of thioether (sulfide) groups is 2. The lowest BCUT2D eigenvalue weighted by Crippen LogP contribution is -2.29. The van der Waals surface area contributed by atoms with Crippen molar-refractivity contribution in [2.24, 2.45) is 0 Å². The average Bonchev–Trinajstić information content (AvgIpc) is 3.30. The van der Waals surface area contributed by atoms with Crippen LogP contribution in [0.25, 0.3) is 0 Å². The van der Waals surface area contributed by atoms with Gasteiger partial charge in [-0.3, -0.25) is 19.4 Å². The van der Waals surface area contributed by atoms with Crippen molar-refractivity contribution in [2.45, 2.75) is 52.7 Å². The van der Waals surface area contributed by atoms with Gasteiger partial charge in [0.2, 0.25) is 0 Å². The lowest BCUT2D eigenvalue weighted by atomic mass is 10.1. The number of hydrogen-bond acceptors (Lipinski definition) is 10. The molecule has 0 atom stereocenters. The monoisotopic (exact) mass is 614 g/mol. The second-order valence-corrected chi connectivity index (χ2v) is 14.1. The van der Waals surface area contributed by atoms with E-state index in [4.69, 9.17) is 33.9 Å². The fourth-order valence-corrected chi connectivity index (χ4v) is 6.37. The van der Waals surface area contributed by atoms with Crippen LogP contribution in [0.3, 0.4) is 0 Å². The molecule has 0 saturated carbocycles. The van der Waals surface area contributed by atoms with Crippen LogP contribution in [0.2, 0.25) is 0 Å². The molecule has 0 radical (unpaired) electrons. The maximum atomic E-state index is 13.4. The number of carbonyl (C=O) groups excluding carboxylic acids is 4. The van der Waals surface area contributed by atoms with Crippen molar-refractivity contribution in [1.82, 2.24) is 0 Å². The molecule has 2 aliphatic rings. The zero-order valence-corrected chi connectivity index (χ0v) is 25.9. The molecule has 8 nitrogen and oxygen atoms in total. The molecule has 2 fully saturated rings. The molecular weight excluding hydrogens is 589 g/mol. The predicted octanol–water partition coefficient (Wildman–Crippen LogP) is 6.24. The van der Waals surface area contributed by atoms with Gasteiger partial charge in [0.05, 0.1) is 32.3 Å². The Bertz CT molecular complexity index is 1360. The molecule has 208 valence electrons. The first kappa shape index (κ1) is 29.9. The second kappa shape index (κ2) is 11.1. The summed E-state index contributed by atoms with van der Waals surface area (Å²) in [5.41, 5.74) is 0.307. The van der Waals surface area contributed by atoms with E-state index < -0.39 is 35.0 Å². The Kier molecular flexibility index (Phi) is 8.28. The normalized spacial score (nSPS) is 18.1. The highest BCUT2D eigenvalue weighted by Gasteiger charge is 2.43. The standard InChI is InChI=1S/C28H26N2O6S4/c1-27(2,3)35-23(33)15-7-11-17(12-8-15)29-21(31)19(39-25(29)37)20-22(32)30(26(38)40-20)18-13-9-16(10-14-18)24(34)36-28(4,5)6/h7-14H,1-6H3/b20-19+.